The predicted octanol–water partition coefficient (Wildman–Crippen LogP) is 5.04. The molecule has 0 fully saturated rings. The van der Waals surface area contributed by atoms with Gasteiger partial charge in [0.15, 0.2) is 16.6 Å². The molecule has 163 valence electrons. The van der Waals surface area contributed by atoms with Crippen molar-refractivity contribution in [1.82, 2.24) is 0 Å². The van der Waals surface area contributed by atoms with Crippen LogP contribution in [0.15, 0.2) is 0 Å². The Kier molecular flexibility index (Phi) is 11.1. The average Bonchev–Trinajstić information content (AvgIpc) is 2.29. The number of ether oxygens (including phenoxy) is 1. The zero-order valence-corrected chi connectivity index (χ0v) is 24.5. The highest BCUT2D eigenvalue weighted by Crippen LogP contribution is 2.27. The van der Waals surface area contributed by atoms with Crippen LogP contribution in [-0.2, 0) is 26.3 Å². The van der Waals surface area contributed by atoms with E-state index < -0.39 is 42.3 Å². The molecular formula is C16H43O6Si5. The summed E-state index contributed by atoms with van der Waals surface area (Å²) in [5.74, 6) is 0. The van der Waals surface area contributed by atoms with E-state index in [1.54, 1.807) is 0 Å². The number of rotatable bonds is 14. The summed E-state index contributed by atoms with van der Waals surface area (Å²) in [6.45, 7) is 24.4. The Labute approximate surface area is 172 Å². The van der Waals surface area contributed by atoms with Gasteiger partial charge >= 0.3 is 25.7 Å². The van der Waals surface area contributed by atoms with Crippen LogP contribution in [0.25, 0.3) is 0 Å². The predicted molar refractivity (Wildman–Crippen MR) is 123 cm³/mol. The minimum Gasteiger partial charge on any atom is -0.437 e. The van der Waals surface area contributed by atoms with E-state index in [2.05, 4.69) is 72.0 Å². The van der Waals surface area contributed by atoms with Gasteiger partial charge in [0, 0.05) is 6.61 Å². The Balaban J connectivity index is 4.72. The molecule has 0 N–H and O–H groups in total. The van der Waals surface area contributed by atoms with Crippen molar-refractivity contribution in [2.24, 2.45) is 0 Å². The van der Waals surface area contributed by atoms with Crippen molar-refractivity contribution in [1.29, 1.82) is 0 Å². The van der Waals surface area contributed by atoms with Gasteiger partial charge in [-0.2, -0.15) is 0 Å². The molecule has 0 aliphatic carbocycles. The van der Waals surface area contributed by atoms with Crippen LogP contribution in [0.5, 0.6) is 0 Å². The van der Waals surface area contributed by atoms with Crippen molar-refractivity contribution in [3.8, 4) is 0 Å². The quantitative estimate of drug-likeness (QED) is 0.262. The van der Waals surface area contributed by atoms with E-state index in [1.165, 1.54) is 0 Å². The summed E-state index contributed by atoms with van der Waals surface area (Å²) in [5, 5.41) is 10.4. The lowest BCUT2D eigenvalue weighted by Gasteiger charge is -2.42. The Morgan fingerprint density at radius 3 is 1.48 bits per heavy atom. The average molecular weight is 472 g/mol. The van der Waals surface area contributed by atoms with E-state index in [9.17, 15) is 5.11 Å². The van der Waals surface area contributed by atoms with Gasteiger partial charge in [-0.05, 0) is 84.5 Å². The number of hydrogen-bond donors (Lipinski definition) is 0. The zero-order valence-electron chi connectivity index (χ0n) is 19.5. The van der Waals surface area contributed by atoms with E-state index in [0.29, 0.717) is 13.2 Å². The van der Waals surface area contributed by atoms with Crippen LogP contribution in [0.1, 0.15) is 6.42 Å². The topological polar surface area (TPSA) is 66.1 Å². The monoisotopic (exact) mass is 471 g/mol. The molecule has 0 saturated heterocycles. The molecule has 0 saturated carbocycles. The van der Waals surface area contributed by atoms with Crippen LogP contribution in [0.2, 0.25) is 78.1 Å². The third kappa shape index (κ3) is 15.4. The first-order valence-corrected chi connectivity index (χ1v) is 24.8. The van der Waals surface area contributed by atoms with Gasteiger partial charge in [-0.1, -0.05) is 0 Å². The van der Waals surface area contributed by atoms with Gasteiger partial charge in [0.25, 0.3) is 0 Å². The molecule has 0 aliphatic rings. The Morgan fingerprint density at radius 1 is 0.593 bits per heavy atom. The summed E-state index contributed by atoms with van der Waals surface area (Å²) in [7, 11) is -10.4. The van der Waals surface area contributed by atoms with E-state index in [-0.39, 0.29) is 6.61 Å². The molecule has 0 aliphatic heterocycles. The van der Waals surface area contributed by atoms with Crippen LogP contribution in [-0.4, -0.2) is 62.1 Å². The van der Waals surface area contributed by atoms with E-state index in [0.717, 1.165) is 12.5 Å². The van der Waals surface area contributed by atoms with Crippen LogP contribution in [0.3, 0.4) is 0 Å². The maximum Gasteiger partial charge on any atom is 0.314 e. The van der Waals surface area contributed by atoms with Crippen molar-refractivity contribution in [2.45, 2.75) is 84.5 Å². The standard InChI is InChI=1S/C16H43O6Si5/c1-23(2,3)19-25(6,7)21-27(10,11)22-26(8,9)20-24(4,5)16-12-14-18-15-13-17/h12-16H2,1-11H3. The SMILES string of the molecule is C[Si](C)(C)O[Si](C)(C)O[Si](C)(C)O[Si](C)(C)O[Si](C)(C)CCCOCC[O]. The summed E-state index contributed by atoms with van der Waals surface area (Å²) in [6, 6.07) is 0.994. The summed E-state index contributed by atoms with van der Waals surface area (Å²) in [6.07, 6.45) is 0.922. The van der Waals surface area contributed by atoms with Crippen LogP contribution >= 0.6 is 0 Å². The van der Waals surface area contributed by atoms with Gasteiger partial charge in [0.05, 0.1) is 6.61 Å². The molecule has 0 aromatic carbocycles. The summed E-state index contributed by atoms with van der Waals surface area (Å²) >= 11 is 0. The lowest BCUT2D eigenvalue weighted by Crippen LogP contribution is -2.58. The highest BCUT2D eigenvalue weighted by Gasteiger charge is 2.44. The fourth-order valence-corrected chi connectivity index (χ4v) is 27.2. The molecule has 0 unspecified atom stereocenters. The summed E-state index contributed by atoms with van der Waals surface area (Å²) in [4.78, 5) is 0. The van der Waals surface area contributed by atoms with Crippen molar-refractivity contribution < 1.29 is 26.3 Å². The third-order valence-corrected chi connectivity index (χ3v) is 21.4. The highest BCUT2D eigenvalue weighted by molar-refractivity contribution is 6.90. The van der Waals surface area contributed by atoms with E-state index >= 15 is 0 Å². The second-order valence-corrected chi connectivity index (χ2v) is 29.8. The summed E-state index contributed by atoms with van der Waals surface area (Å²) in [5.41, 5.74) is 0. The fourth-order valence-electron chi connectivity index (χ4n) is 3.46. The molecule has 0 spiro atoms. The first-order chi connectivity index (χ1) is 11.9. The van der Waals surface area contributed by atoms with Gasteiger partial charge < -0.3 is 21.2 Å². The Hall–Kier alpha value is 0.844. The number of hydrogen-bond acceptors (Lipinski definition) is 5. The van der Waals surface area contributed by atoms with E-state index in [4.69, 9.17) is 21.2 Å². The maximum atomic E-state index is 10.4. The Morgan fingerprint density at radius 2 is 1.04 bits per heavy atom. The third-order valence-electron chi connectivity index (χ3n) is 3.35. The van der Waals surface area contributed by atoms with E-state index in [1.807, 2.05) is 0 Å². The molecule has 11 heteroatoms. The molecule has 0 heterocycles. The molecule has 6 nitrogen and oxygen atoms in total. The normalized spacial score (nSPS) is 14.7. The van der Waals surface area contributed by atoms with Crippen LogP contribution < -0.4 is 0 Å². The van der Waals surface area contributed by atoms with Crippen molar-refractivity contribution >= 4 is 42.3 Å². The lowest BCUT2D eigenvalue weighted by atomic mass is 10.5. The second kappa shape index (κ2) is 10.7. The molecule has 1 radical (unpaired) electrons. The molecule has 0 rings (SSSR count). The first-order valence-electron chi connectivity index (χ1n) is 9.85. The van der Waals surface area contributed by atoms with Crippen molar-refractivity contribution in [3.63, 3.8) is 0 Å². The zero-order chi connectivity index (χ0) is 21.6. The van der Waals surface area contributed by atoms with Gasteiger partial charge in [-0.15, -0.1) is 0 Å². The van der Waals surface area contributed by atoms with Gasteiger partial charge in [0.2, 0.25) is 0 Å². The fraction of sp³-hybridized carbons (Fsp3) is 1.00. The minimum absolute atomic E-state index is 0.175. The molecule has 0 aromatic heterocycles. The van der Waals surface area contributed by atoms with Gasteiger partial charge in [-0.3, -0.25) is 0 Å². The minimum atomic E-state index is -2.36. The molecule has 27 heavy (non-hydrogen) atoms. The maximum absolute atomic E-state index is 10.4. The molecule has 0 amide bonds. The highest BCUT2D eigenvalue weighted by atomic mass is 28.5. The van der Waals surface area contributed by atoms with Crippen LogP contribution in [0.4, 0.5) is 0 Å². The summed E-state index contributed by atoms with van der Waals surface area (Å²) < 4.78 is 31.2. The van der Waals surface area contributed by atoms with Crippen LogP contribution in [0, 0.1) is 0 Å². The molecule has 0 aromatic rings. The van der Waals surface area contributed by atoms with Gasteiger partial charge in [0.1, 0.15) is 6.61 Å². The first kappa shape index (κ1) is 27.8. The van der Waals surface area contributed by atoms with Crippen molar-refractivity contribution in [3.05, 3.63) is 0 Å². The largest absolute Gasteiger partial charge is 0.437 e. The smallest absolute Gasteiger partial charge is 0.314 e. The van der Waals surface area contributed by atoms with Crippen molar-refractivity contribution in [2.75, 3.05) is 19.8 Å². The second-order valence-electron chi connectivity index (χ2n) is 9.90. The van der Waals surface area contributed by atoms with Gasteiger partial charge in [-0.25, -0.2) is 5.11 Å². The molecular weight excluding hydrogens is 429 g/mol. The lowest BCUT2D eigenvalue weighted by molar-refractivity contribution is 0.0639. The molecule has 0 atom stereocenters. The molecule has 0 bridgehead atoms. The Bertz CT molecular complexity index is 438.